The Bertz CT molecular complexity index is 723. The normalized spacial score (nSPS) is 11.0. The van der Waals surface area contributed by atoms with Gasteiger partial charge in [-0.15, -0.1) is 0 Å². The summed E-state index contributed by atoms with van der Waals surface area (Å²) in [4.78, 5) is 0. The van der Waals surface area contributed by atoms with Crippen LogP contribution in [0.4, 0.5) is 13.2 Å². The lowest BCUT2D eigenvalue weighted by Crippen LogP contribution is -2.08. The third kappa shape index (κ3) is 3.23. The van der Waals surface area contributed by atoms with Crippen LogP contribution in [0.2, 0.25) is 10.0 Å². The molecule has 108 valence electrons. The molecular formula is C14H6Cl2F3NO. The number of alkyl halides is 3. The van der Waals surface area contributed by atoms with E-state index in [1.54, 1.807) is 0 Å². The predicted molar refractivity (Wildman–Crippen MR) is 72.7 cm³/mol. The predicted octanol–water partition coefficient (Wildman–Crippen LogP) is 5.68. The molecule has 0 unspecified atom stereocenters. The van der Waals surface area contributed by atoms with Crippen LogP contribution in [0.25, 0.3) is 0 Å². The van der Waals surface area contributed by atoms with Crippen molar-refractivity contribution >= 4 is 23.2 Å². The molecule has 0 spiro atoms. The lowest BCUT2D eigenvalue weighted by molar-refractivity contribution is -0.137. The van der Waals surface area contributed by atoms with Crippen molar-refractivity contribution in [3.05, 3.63) is 57.6 Å². The van der Waals surface area contributed by atoms with Gasteiger partial charge in [0.25, 0.3) is 0 Å². The molecule has 0 heterocycles. The number of benzene rings is 2. The standard InChI is InChI=1S/C14H6Cl2F3NO/c15-10-4-2-6-12(13(10)16)21-11-5-1-3-9(8(11)7-20)14(17,18)19/h1-6H. The Kier molecular flexibility index (Phi) is 4.31. The molecule has 0 N–H and O–H groups in total. The summed E-state index contributed by atoms with van der Waals surface area (Å²) < 4.78 is 43.8. The van der Waals surface area contributed by atoms with Crippen LogP contribution < -0.4 is 4.74 Å². The molecule has 0 aromatic heterocycles. The number of hydrogen-bond donors (Lipinski definition) is 0. The van der Waals surface area contributed by atoms with Gasteiger partial charge in [-0.3, -0.25) is 0 Å². The van der Waals surface area contributed by atoms with E-state index in [1.165, 1.54) is 30.3 Å². The minimum atomic E-state index is -4.65. The first-order valence-corrected chi connectivity index (χ1v) is 6.32. The Hall–Kier alpha value is -1.90. The van der Waals surface area contributed by atoms with Crippen molar-refractivity contribution in [1.82, 2.24) is 0 Å². The van der Waals surface area contributed by atoms with Crippen LogP contribution in [0.5, 0.6) is 11.5 Å². The Morgan fingerprint density at radius 2 is 1.62 bits per heavy atom. The molecule has 0 bridgehead atoms. The van der Waals surface area contributed by atoms with Crippen molar-refractivity contribution in [3.63, 3.8) is 0 Å². The Balaban J connectivity index is 2.51. The quantitative estimate of drug-likeness (QED) is 0.709. The smallest absolute Gasteiger partial charge is 0.417 e. The number of ether oxygens (including phenoxy) is 1. The van der Waals surface area contributed by atoms with Crippen LogP contribution in [-0.4, -0.2) is 0 Å². The second-order valence-electron chi connectivity index (χ2n) is 3.94. The van der Waals surface area contributed by atoms with Crippen LogP contribution in [-0.2, 0) is 6.18 Å². The van der Waals surface area contributed by atoms with E-state index in [4.69, 9.17) is 33.2 Å². The minimum Gasteiger partial charge on any atom is -0.454 e. The molecule has 0 aliphatic heterocycles. The maximum absolute atomic E-state index is 12.8. The van der Waals surface area contributed by atoms with Gasteiger partial charge in [-0.25, -0.2) is 0 Å². The second-order valence-corrected chi connectivity index (χ2v) is 4.73. The highest BCUT2D eigenvalue weighted by Gasteiger charge is 2.35. The SMILES string of the molecule is N#Cc1c(Oc2cccc(Cl)c2Cl)cccc1C(F)(F)F. The fourth-order valence-corrected chi connectivity index (χ4v) is 1.98. The first kappa shape index (κ1) is 15.5. The van der Waals surface area contributed by atoms with Crippen molar-refractivity contribution < 1.29 is 17.9 Å². The maximum Gasteiger partial charge on any atom is 0.417 e. The first-order valence-electron chi connectivity index (χ1n) is 5.56. The van der Waals surface area contributed by atoms with Crippen LogP contribution >= 0.6 is 23.2 Å². The van der Waals surface area contributed by atoms with E-state index in [9.17, 15) is 13.2 Å². The summed E-state index contributed by atoms with van der Waals surface area (Å²) in [6.07, 6.45) is -4.65. The van der Waals surface area contributed by atoms with Gasteiger partial charge >= 0.3 is 6.18 Å². The molecule has 2 aromatic carbocycles. The molecular weight excluding hydrogens is 326 g/mol. The number of hydrogen-bond acceptors (Lipinski definition) is 2. The van der Waals surface area contributed by atoms with Crippen LogP contribution in [0.15, 0.2) is 36.4 Å². The summed E-state index contributed by atoms with van der Waals surface area (Å²) in [6, 6.07) is 9.20. The Morgan fingerprint density at radius 1 is 1.00 bits per heavy atom. The fraction of sp³-hybridized carbons (Fsp3) is 0.0714. The van der Waals surface area contributed by atoms with Gasteiger partial charge in [0.15, 0.2) is 0 Å². The molecule has 0 fully saturated rings. The minimum absolute atomic E-state index is 0.0560. The molecule has 0 aliphatic rings. The molecule has 2 rings (SSSR count). The first-order chi connectivity index (χ1) is 9.84. The van der Waals surface area contributed by atoms with Crippen LogP contribution in [0, 0.1) is 11.3 Å². The highest BCUT2D eigenvalue weighted by Crippen LogP contribution is 2.39. The highest BCUT2D eigenvalue weighted by atomic mass is 35.5. The lowest BCUT2D eigenvalue weighted by atomic mass is 10.1. The zero-order chi connectivity index (χ0) is 15.6. The average Bonchev–Trinajstić information content (AvgIpc) is 2.42. The van der Waals surface area contributed by atoms with Crippen LogP contribution in [0.3, 0.4) is 0 Å². The van der Waals surface area contributed by atoms with E-state index >= 15 is 0 Å². The molecule has 21 heavy (non-hydrogen) atoms. The van der Waals surface area contributed by atoms with Crippen molar-refractivity contribution in [2.45, 2.75) is 6.18 Å². The monoisotopic (exact) mass is 331 g/mol. The van der Waals surface area contributed by atoms with Gasteiger partial charge in [-0.2, -0.15) is 18.4 Å². The van der Waals surface area contributed by atoms with Gasteiger partial charge < -0.3 is 4.74 Å². The molecule has 0 aliphatic carbocycles. The van der Waals surface area contributed by atoms with E-state index in [2.05, 4.69) is 0 Å². The van der Waals surface area contributed by atoms with E-state index in [0.717, 1.165) is 12.1 Å². The molecule has 7 heteroatoms. The molecule has 0 saturated carbocycles. The number of nitrogens with zero attached hydrogens (tertiary/aromatic N) is 1. The fourth-order valence-electron chi connectivity index (χ4n) is 1.65. The van der Waals surface area contributed by atoms with E-state index in [1.807, 2.05) is 0 Å². The summed E-state index contributed by atoms with van der Waals surface area (Å²) in [5.74, 6) is -0.170. The largest absolute Gasteiger partial charge is 0.454 e. The van der Waals surface area contributed by atoms with Crippen molar-refractivity contribution in [1.29, 1.82) is 5.26 Å². The van der Waals surface area contributed by atoms with Crippen molar-refractivity contribution in [3.8, 4) is 17.6 Å². The van der Waals surface area contributed by atoms with E-state index in [0.29, 0.717) is 0 Å². The van der Waals surface area contributed by atoms with Crippen molar-refractivity contribution in [2.24, 2.45) is 0 Å². The summed E-state index contributed by atoms with van der Waals surface area (Å²) >= 11 is 11.7. The topological polar surface area (TPSA) is 33.0 Å². The zero-order valence-electron chi connectivity index (χ0n) is 10.2. The third-order valence-electron chi connectivity index (χ3n) is 2.58. The Labute approximate surface area is 128 Å². The van der Waals surface area contributed by atoms with Gasteiger partial charge in [-0.1, -0.05) is 35.3 Å². The summed E-state index contributed by atoms with van der Waals surface area (Å²) in [5, 5.41) is 9.23. The molecule has 0 saturated heterocycles. The molecule has 0 radical (unpaired) electrons. The zero-order valence-corrected chi connectivity index (χ0v) is 11.7. The van der Waals surface area contributed by atoms with Gasteiger partial charge in [0, 0.05) is 0 Å². The van der Waals surface area contributed by atoms with Crippen molar-refractivity contribution in [2.75, 3.05) is 0 Å². The molecule has 0 amide bonds. The maximum atomic E-state index is 12.8. The molecule has 0 atom stereocenters. The van der Waals surface area contributed by atoms with Gasteiger partial charge in [0.2, 0.25) is 0 Å². The second kappa shape index (κ2) is 5.84. The number of halogens is 5. The lowest BCUT2D eigenvalue weighted by Gasteiger charge is -2.13. The van der Waals surface area contributed by atoms with E-state index in [-0.39, 0.29) is 21.5 Å². The highest BCUT2D eigenvalue weighted by molar-refractivity contribution is 6.42. The van der Waals surface area contributed by atoms with Gasteiger partial charge in [0.05, 0.1) is 10.6 Å². The number of nitriles is 1. The van der Waals surface area contributed by atoms with Gasteiger partial charge in [0.1, 0.15) is 28.2 Å². The molecule has 2 aromatic rings. The van der Waals surface area contributed by atoms with Crippen LogP contribution in [0.1, 0.15) is 11.1 Å². The van der Waals surface area contributed by atoms with E-state index < -0.39 is 17.3 Å². The summed E-state index contributed by atoms with van der Waals surface area (Å²) in [7, 11) is 0. The molecule has 2 nitrogen and oxygen atoms in total. The average molecular weight is 332 g/mol. The summed E-state index contributed by atoms with van der Waals surface area (Å²) in [6.45, 7) is 0. The Morgan fingerprint density at radius 3 is 2.24 bits per heavy atom. The summed E-state index contributed by atoms with van der Waals surface area (Å²) in [5.41, 5.74) is -1.68. The number of rotatable bonds is 2. The third-order valence-corrected chi connectivity index (χ3v) is 3.38. The van der Waals surface area contributed by atoms with Gasteiger partial charge in [-0.05, 0) is 24.3 Å².